The second kappa shape index (κ2) is 24.5. The number of fused-ring (bicyclic) bond motifs is 2. The Labute approximate surface area is 425 Å². The molecule has 0 spiro atoms. The molecule has 68 heavy (non-hydrogen) atoms. The molecule has 0 bridgehead atoms. The summed E-state index contributed by atoms with van der Waals surface area (Å²) < 4.78 is 0. The van der Waals surface area contributed by atoms with Crippen molar-refractivity contribution in [2.24, 2.45) is 0 Å². The molecule has 0 saturated carbocycles. The van der Waals surface area contributed by atoms with Gasteiger partial charge in [-0.25, -0.2) is 19.9 Å². The van der Waals surface area contributed by atoms with E-state index in [4.69, 9.17) is 46.3 Å². The maximum atomic E-state index is 11.3. The van der Waals surface area contributed by atoms with Gasteiger partial charge in [-0.1, -0.05) is 149 Å². The predicted molar refractivity (Wildman–Crippen MR) is 275 cm³/mol. The number of benzene rings is 6. The number of para-hydroxylation sites is 3. The van der Waals surface area contributed by atoms with Crippen molar-refractivity contribution in [1.82, 2.24) is 19.9 Å². The van der Waals surface area contributed by atoms with Crippen LogP contribution in [0.15, 0.2) is 127 Å². The first-order valence-corrected chi connectivity index (χ1v) is 23.7. The molecule has 23 heteroatoms. The molecule has 0 aliphatic rings. The molecule has 0 atom stereocenters. The lowest BCUT2D eigenvalue weighted by molar-refractivity contribution is -0.383. The Morgan fingerprint density at radius 3 is 1.41 bits per heavy atom. The fourth-order valence-corrected chi connectivity index (χ4v) is 7.71. The molecule has 6 aromatic carbocycles. The van der Waals surface area contributed by atoms with Crippen LogP contribution in [0.2, 0.25) is 15.1 Å². The number of alkyl halides is 3. The first kappa shape index (κ1) is 52.4. The van der Waals surface area contributed by atoms with Gasteiger partial charge in [0.25, 0.3) is 17.1 Å². The number of nitro groups is 3. The molecule has 0 aliphatic heterocycles. The van der Waals surface area contributed by atoms with Crippen LogP contribution in [0.1, 0.15) is 21.7 Å². The number of hydrogen-bond donors (Lipinski definition) is 2. The third-order valence-corrected chi connectivity index (χ3v) is 11.8. The van der Waals surface area contributed by atoms with Crippen LogP contribution in [0.5, 0.6) is 0 Å². The highest BCUT2D eigenvalue weighted by Gasteiger charge is 2.21. The van der Waals surface area contributed by atoms with Crippen LogP contribution < -0.4 is 11.5 Å². The Kier molecular flexibility index (Phi) is 18.9. The SMILES string of the molecule is Nc1cccc([N+](=O)[O-])c1N.O=C(CBr)C(=O)c1ccccc1Cl.O=[N+]([O-])c1cccc2nc(-c3ccccc3Cl)c(CBr)nc12.O=[N+]([O-])c1cccc2nc(CBr)c(-c3ccccc3Cl)nc12. The number of nitrogen functional groups attached to an aromatic ring is 2. The quantitative estimate of drug-likeness (QED) is 0.0322. The number of aromatic nitrogens is 4. The standard InChI is InChI=1S/2C15H9BrClN3O2.C9H6BrClO2.C6H7N3O2/c16-8-12-14(9-4-1-2-5-10(9)17)18-11-6-3-7-13(20(21)22)15(11)19-12;16-8-12-14(9-4-1-2-5-10(9)17)19-15-11(18-12)6-3-7-13(15)20(21)22;10-5-8(12)9(13)6-3-1-2-4-7(6)11;7-4-2-1-3-5(6(4)8)9(10)11/h2*1-7H,8H2;1-4H,5H2;1-3H,7-8H2. The number of non-ortho nitro benzene ring substituents is 2. The highest BCUT2D eigenvalue weighted by Crippen LogP contribution is 2.34. The van der Waals surface area contributed by atoms with Gasteiger partial charge in [-0.15, -0.1) is 0 Å². The predicted octanol–water partition coefficient (Wildman–Crippen LogP) is 12.8. The number of halogens is 6. The van der Waals surface area contributed by atoms with Crippen molar-refractivity contribution in [3.05, 3.63) is 190 Å². The average molecular weight is 1170 g/mol. The Balaban J connectivity index is 0.000000177. The zero-order chi connectivity index (χ0) is 49.7. The number of anilines is 2. The topological polar surface area (TPSA) is 267 Å². The fraction of sp³-hybridized carbons (Fsp3) is 0.0667. The zero-order valence-corrected chi connectivity index (χ0v) is 41.6. The Morgan fingerprint density at radius 2 is 0.941 bits per heavy atom. The van der Waals surface area contributed by atoms with Gasteiger partial charge in [-0.05, 0) is 42.5 Å². The third kappa shape index (κ3) is 12.7. The Morgan fingerprint density at radius 1 is 0.515 bits per heavy atom. The lowest BCUT2D eigenvalue weighted by Gasteiger charge is -2.09. The van der Waals surface area contributed by atoms with E-state index in [0.717, 1.165) is 5.56 Å². The van der Waals surface area contributed by atoms with Crippen molar-refractivity contribution in [2.75, 3.05) is 16.8 Å². The van der Waals surface area contributed by atoms with Gasteiger partial charge in [0.1, 0.15) is 5.69 Å². The van der Waals surface area contributed by atoms with E-state index in [1.54, 1.807) is 54.6 Å². The number of carbonyl (C=O) groups excluding carboxylic acids is 2. The second-order valence-electron chi connectivity index (χ2n) is 13.5. The maximum absolute atomic E-state index is 11.3. The lowest BCUT2D eigenvalue weighted by Crippen LogP contribution is -2.15. The number of hydrogen-bond acceptors (Lipinski definition) is 14. The summed E-state index contributed by atoms with van der Waals surface area (Å²) in [5.74, 6) is -1.05. The lowest BCUT2D eigenvalue weighted by atomic mass is 10.1. The van der Waals surface area contributed by atoms with Crippen molar-refractivity contribution < 1.29 is 24.4 Å². The van der Waals surface area contributed by atoms with E-state index in [-0.39, 0.29) is 50.4 Å². The number of carbonyl (C=O) groups is 2. The molecule has 0 unspecified atom stereocenters. The van der Waals surface area contributed by atoms with Crippen molar-refractivity contribution >= 4 is 145 Å². The number of nitrogens with two attached hydrogens (primary N) is 2. The molecular formula is C45H31Br3Cl3N9O8. The van der Waals surface area contributed by atoms with Crippen LogP contribution in [-0.2, 0) is 15.5 Å². The summed E-state index contributed by atoms with van der Waals surface area (Å²) in [4.78, 5) is 71.3. The van der Waals surface area contributed by atoms with E-state index in [1.165, 1.54) is 36.4 Å². The van der Waals surface area contributed by atoms with Crippen molar-refractivity contribution in [3.63, 3.8) is 0 Å². The van der Waals surface area contributed by atoms with Gasteiger partial charge in [-0.2, -0.15) is 0 Å². The first-order chi connectivity index (χ1) is 32.5. The van der Waals surface area contributed by atoms with Gasteiger partial charge in [0.2, 0.25) is 11.6 Å². The molecule has 0 saturated heterocycles. The summed E-state index contributed by atoms with van der Waals surface area (Å²) in [7, 11) is 0. The summed E-state index contributed by atoms with van der Waals surface area (Å²) in [5.41, 5.74) is 16.3. The Hall–Kier alpha value is -6.55. The van der Waals surface area contributed by atoms with Gasteiger partial charge in [-0.3, -0.25) is 39.9 Å². The van der Waals surface area contributed by atoms with Crippen LogP contribution in [0.4, 0.5) is 28.4 Å². The molecule has 8 aromatic rings. The molecule has 2 aromatic heterocycles. The zero-order valence-electron chi connectivity index (χ0n) is 34.6. The molecule has 346 valence electrons. The van der Waals surface area contributed by atoms with E-state index >= 15 is 0 Å². The fourth-order valence-electron chi connectivity index (χ4n) is 6.00. The minimum atomic E-state index is -0.564. The molecule has 17 nitrogen and oxygen atoms in total. The minimum Gasteiger partial charge on any atom is -0.397 e. The smallest absolute Gasteiger partial charge is 0.297 e. The third-order valence-electron chi connectivity index (χ3n) is 9.20. The van der Waals surface area contributed by atoms with Crippen molar-refractivity contribution in [2.45, 2.75) is 10.7 Å². The number of nitro benzene ring substituents is 3. The molecule has 0 radical (unpaired) electrons. The normalized spacial score (nSPS) is 10.4. The minimum absolute atomic E-state index is 0.0249. The number of ketones is 2. The molecule has 0 aliphatic carbocycles. The molecular weight excluding hydrogens is 1140 g/mol. The van der Waals surface area contributed by atoms with E-state index in [2.05, 4.69) is 67.7 Å². The second-order valence-corrected chi connectivity index (χ2v) is 16.4. The molecule has 8 rings (SSSR count). The summed E-state index contributed by atoms with van der Waals surface area (Å²) in [6.07, 6.45) is 0. The summed E-state index contributed by atoms with van der Waals surface area (Å²) in [5, 5.41) is 34.9. The van der Waals surface area contributed by atoms with E-state index < -0.39 is 26.3 Å². The Bertz CT molecular complexity index is 3230. The van der Waals surface area contributed by atoms with Gasteiger partial charge >= 0.3 is 0 Å². The molecule has 0 amide bonds. The average Bonchev–Trinajstić information content (AvgIpc) is 3.34. The van der Waals surface area contributed by atoms with Crippen LogP contribution in [0.3, 0.4) is 0 Å². The van der Waals surface area contributed by atoms with Crippen LogP contribution >= 0.6 is 82.6 Å². The number of Topliss-reactive ketones (excluding diaryl/α,β-unsaturated/α-hetero) is 2. The highest BCUT2D eigenvalue weighted by atomic mass is 79.9. The van der Waals surface area contributed by atoms with E-state index in [9.17, 15) is 39.9 Å². The van der Waals surface area contributed by atoms with Crippen LogP contribution in [0, 0.1) is 30.3 Å². The van der Waals surface area contributed by atoms with Crippen molar-refractivity contribution in [1.29, 1.82) is 0 Å². The van der Waals surface area contributed by atoms with Gasteiger partial charge < -0.3 is 11.5 Å². The van der Waals surface area contributed by atoms with E-state index in [1.807, 2.05) is 36.4 Å². The monoisotopic (exact) mass is 1170 g/mol. The maximum Gasteiger partial charge on any atom is 0.297 e. The number of rotatable bonds is 10. The highest BCUT2D eigenvalue weighted by molar-refractivity contribution is 9.09. The largest absolute Gasteiger partial charge is 0.397 e. The molecule has 4 N–H and O–H groups in total. The first-order valence-electron chi connectivity index (χ1n) is 19.2. The molecule has 0 fully saturated rings. The summed E-state index contributed by atoms with van der Waals surface area (Å²) in [6, 6.07) is 34.8. The van der Waals surface area contributed by atoms with Gasteiger partial charge in [0.15, 0.2) is 11.0 Å². The van der Waals surface area contributed by atoms with Crippen LogP contribution in [0.25, 0.3) is 44.6 Å². The summed E-state index contributed by atoms with van der Waals surface area (Å²) in [6.45, 7) is 0. The number of nitrogens with zero attached hydrogens (tertiary/aromatic N) is 7. The van der Waals surface area contributed by atoms with Crippen molar-refractivity contribution in [3.8, 4) is 22.5 Å². The summed E-state index contributed by atoms with van der Waals surface area (Å²) >= 11 is 27.9. The van der Waals surface area contributed by atoms with Gasteiger partial charge in [0, 0.05) is 45.5 Å². The van der Waals surface area contributed by atoms with Crippen LogP contribution in [-0.4, -0.2) is 51.6 Å². The van der Waals surface area contributed by atoms with E-state index in [0.29, 0.717) is 65.1 Å². The molecule has 2 heterocycles. The van der Waals surface area contributed by atoms with Gasteiger partial charge in [0.05, 0.1) is 74.7 Å².